The first-order chi connectivity index (χ1) is 4.79. The molecule has 0 aromatic heterocycles. The van der Waals surface area contributed by atoms with Crippen LogP contribution in [0.3, 0.4) is 0 Å². The van der Waals surface area contributed by atoms with Gasteiger partial charge in [0.2, 0.25) is 0 Å². The standard InChI is InChI=1S/C7H9NO2/c1-4-6(5-2-3-5)8-10-7(4)9/h4-5H,2-3H2,1H3. The third-order valence-electron chi connectivity index (χ3n) is 2.03. The number of carbonyl (C=O) groups is 1. The lowest BCUT2D eigenvalue weighted by Gasteiger charge is -1.96. The van der Waals surface area contributed by atoms with E-state index in [0.29, 0.717) is 5.92 Å². The van der Waals surface area contributed by atoms with Crippen LogP contribution in [0, 0.1) is 11.8 Å². The van der Waals surface area contributed by atoms with E-state index >= 15 is 0 Å². The SMILES string of the molecule is CC1C(=O)ON=C1C1CC1. The monoisotopic (exact) mass is 139 g/mol. The number of hydrogen-bond acceptors (Lipinski definition) is 3. The van der Waals surface area contributed by atoms with Crippen LogP contribution >= 0.6 is 0 Å². The van der Waals surface area contributed by atoms with Gasteiger partial charge in [-0.25, -0.2) is 4.79 Å². The first-order valence-electron chi connectivity index (χ1n) is 3.57. The van der Waals surface area contributed by atoms with Gasteiger partial charge in [-0.05, 0) is 19.8 Å². The highest BCUT2D eigenvalue weighted by Gasteiger charge is 2.38. The molecular formula is C7H9NO2. The van der Waals surface area contributed by atoms with Crippen LogP contribution in [0.4, 0.5) is 0 Å². The predicted molar refractivity (Wildman–Crippen MR) is 35.4 cm³/mol. The summed E-state index contributed by atoms with van der Waals surface area (Å²) in [6.07, 6.45) is 2.36. The van der Waals surface area contributed by atoms with E-state index in [9.17, 15) is 4.79 Å². The summed E-state index contributed by atoms with van der Waals surface area (Å²) in [6.45, 7) is 1.85. The van der Waals surface area contributed by atoms with Crippen LogP contribution in [-0.4, -0.2) is 11.7 Å². The molecule has 0 saturated heterocycles. The van der Waals surface area contributed by atoms with E-state index in [4.69, 9.17) is 0 Å². The molecule has 1 unspecified atom stereocenters. The van der Waals surface area contributed by atoms with Crippen molar-refractivity contribution in [3.8, 4) is 0 Å². The Labute approximate surface area is 59.0 Å². The Morgan fingerprint density at radius 3 is 2.70 bits per heavy atom. The van der Waals surface area contributed by atoms with E-state index in [-0.39, 0.29) is 11.9 Å². The number of hydrogen-bond donors (Lipinski definition) is 0. The molecule has 0 aromatic carbocycles. The summed E-state index contributed by atoms with van der Waals surface area (Å²) < 4.78 is 0. The molecule has 0 amide bonds. The fraction of sp³-hybridized carbons (Fsp3) is 0.714. The van der Waals surface area contributed by atoms with Crippen molar-refractivity contribution < 1.29 is 9.63 Å². The maximum absolute atomic E-state index is 10.8. The first-order valence-corrected chi connectivity index (χ1v) is 3.57. The van der Waals surface area contributed by atoms with Crippen LogP contribution in [0.2, 0.25) is 0 Å². The second-order valence-corrected chi connectivity index (χ2v) is 2.92. The van der Waals surface area contributed by atoms with Crippen molar-refractivity contribution in [3.63, 3.8) is 0 Å². The quantitative estimate of drug-likeness (QED) is 0.507. The molecule has 1 heterocycles. The largest absolute Gasteiger partial charge is 0.343 e. The van der Waals surface area contributed by atoms with Gasteiger partial charge in [0, 0.05) is 5.92 Å². The molecule has 1 aliphatic carbocycles. The fourth-order valence-corrected chi connectivity index (χ4v) is 1.18. The van der Waals surface area contributed by atoms with Crippen molar-refractivity contribution in [1.29, 1.82) is 0 Å². The van der Waals surface area contributed by atoms with Crippen molar-refractivity contribution >= 4 is 11.7 Å². The fourth-order valence-electron chi connectivity index (χ4n) is 1.18. The van der Waals surface area contributed by atoms with Crippen molar-refractivity contribution in [3.05, 3.63) is 0 Å². The Balaban J connectivity index is 2.14. The molecule has 0 radical (unpaired) electrons. The van der Waals surface area contributed by atoms with Gasteiger partial charge in [0.15, 0.2) is 0 Å². The van der Waals surface area contributed by atoms with Gasteiger partial charge in [-0.1, -0.05) is 5.16 Å². The van der Waals surface area contributed by atoms with Crippen molar-refractivity contribution in [1.82, 2.24) is 0 Å². The molecule has 1 fully saturated rings. The molecular weight excluding hydrogens is 130 g/mol. The van der Waals surface area contributed by atoms with E-state index in [2.05, 4.69) is 9.99 Å². The smallest absolute Gasteiger partial charge is 0.318 e. The van der Waals surface area contributed by atoms with Gasteiger partial charge in [-0.15, -0.1) is 0 Å². The van der Waals surface area contributed by atoms with Gasteiger partial charge in [0.25, 0.3) is 0 Å². The van der Waals surface area contributed by atoms with E-state index in [1.165, 1.54) is 12.8 Å². The summed E-state index contributed by atoms with van der Waals surface area (Å²) in [5.74, 6) is 0.288. The highest BCUT2D eigenvalue weighted by atomic mass is 16.7. The van der Waals surface area contributed by atoms with E-state index in [0.717, 1.165) is 5.71 Å². The maximum atomic E-state index is 10.8. The minimum absolute atomic E-state index is 0.0764. The molecule has 3 heteroatoms. The van der Waals surface area contributed by atoms with Gasteiger partial charge in [0.05, 0.1) is 11.6 Å². The normalized spacial score (nSPS) is 31.9. The second kappa shape index (κ2) is 1.81. The molecule has 0 N–H and O–H groups in total. The molecule has 0 spiro atoms. The second-order valence-electron chi connectivity index (χ2n) is 2.92. The molecule has 1 aliphatic heterocycles. The third-order valence-corrected chi connectivity index (χ3v) is 2.03. The average Bonchev–Trinajstić information content (AvgIpc) is 2.67. The number of rotatable bonds is 1. The summed E-state index contributed by atoms with van der Waals surface area (Å²) in [7, 11) is 0. The zero-order valence-electron chi connectivity index (χ0n) is 5.83. The number of oxime groups is 1. The summed E-state index contributed by atoms with van der Waals surface area (Å²) in [4.78, 5) is 15.3. The van der Waals surface area contributed by atoms with Crippen molar-refractivity contribution in [2.45, 2.75) is 19.8 Å². The van der Waals surface area contributed by atoms with Crippen molar-refractivity contribution in [2.75, 3.05) is 0 Å². The van der Waals surface area contributed by atoms with Gasteiger partial charge in [-0.3, -0.25) is 0 Å². The average molecular weight is 139 g/mol. The Bertz CT molecular complexity index is 206. The summed E-state index contributed by atoms with van der Waals surface area (Å²) in [5.41, 5.74) is 0.963. The van der Waals surface area contributed by atoms with E-state index in [1.54, 1.807) is 0 Å². The van der Waals surface area contributed by atoms with Crippen molar-refractivity contribution in [2.24, 2.45) is 17.0 Å². The van der Waals surface area contributed by atoms with Crippen LogP contribution in [0.5, 0.6) is 0 Å². The Kier molecular flexibility index (Phi) is 1.07. The highest BCUT2D eigenvalue weighted by molar-refractivity contribution is 6.06. The minimum atomic E-state index is -0.193. The van der Waals surface area contributed by atoms with Gasteiger partial charge in [-0.2, -0.15) is 0 Å². The Morgan fingerprint density at radius 2 is 2.30 bits per heavy atom. The van der Waals surface area contributed by atoms with Crippen LogP contribution in [0.25, 0.3) is 0 Å². The Hall–Kier alpha value is -0.860. The lowest BCUT2D eigenvalue weighted by atomic mass is 10.0. The first kappa shape index (κ1) is 5.89. The molecule has 2 aliphatic rings. The lowest BCUT2D eigenvalue weighted by Crippen LogP contribution is -2.15. The van der Waals surface area contributed by atoms with E-state index < -0.39 is 0 Å². The van der Waals surface area contributed by atoms with E-state index in [1.807, 2.05) is 6.92 Å². The zero-order valence-corrected chi connectivity index (χ0v) is 5.83. The maximum Gasteiger partial charge on any atom is 0.343 e. The van der Waals surface area contributed by atoms with Crippen LogP contribution in [-0.2, 0) is 9.63 Å². The molecule has 1 atom stereocenters. The minimum Gasteiger partial charge on any atom is -0.318 e. The molecule has 3 nitrogen and oxygen atoms in total. The predicted octanol–water partition coefficient (Wildman–Crippen LogP) is 0.945. The number of nitrogens with zero attached hydrogens (tertiary/aromatic N) is 1. The molecule has 0 aromatic rings. The highest BCUT2D eigenvalue weighted by Crippen LogP contribution is 2.35. The van der Waals surface area contributed by atoms with Crippen LogP contribution < -0.4 is 0 Å². The van der Waals surface area contributed by atoms with Gasteiger partial charge < -0.3 is 4.84 Å². The third kappa shape index (κ3) is 0.735. The molecule has 1 saturated carbocycles. The van der Waals surface area contributed by atoms with Gasteiger partial charge >= 0.3 is 5.97 Å². The molecule has 0 bridgehead atoms. The summed E-state index contributed by atoms with van der Waals surface area (Å²) in [5, 5.41) is 3.73. The van der Waals surface area contributed by atoms with Crippen LogP contribution in [0.1, 0.15) is 19.8 Å². The number of carbonyl (C=O) groups excluding carboxylic acids is 1. The lowest BCUT2D eigenvalue weighted by molar-refractivity contribution is -0.142. The zero-order chi connectivity index (χ0) is 7.14. The molecule has 2 rings (SSSR count). The van der Waals surface area contributed by atoms with Crippen LogP contribution in [0.15, 0.2) is 5.16 Å². The molecule has 10 heavy (non-hydrogen) atoms. The topological polar surface area (TPSA) is 38.7 Å². The molecule has 54 valence electrons. The van der Waals surface area contributed by atoms with Gasteiger partial charge in [0.1, 0.15) is 0 Å². The summed E-state index contributed by atoms with van der Waals surface area (Å²) >= 11 is 0. The Morgan fingerprint density at radius 1 is 1.60 bits per heavy atom. The summed E-state index contributed by atoms with van der Waals surface area (Å²) in [6, 6.07) is 0.